The van der Waals surface area contributed by atoms with Crippen LogP contribution in [0.15, 0.2) is 122 Å². The number of carbonyl (C=O) groups excluding carboxylic acids is 3. The minimum absolute atomic E-state index is 0.110. The van der Waals surface area contributed by atoms with Gasteiger partial charge < -0.3 is 14.2 Å². The average Bonchev–Trinajstić information content (AvgIpc) is 3.26. The van der Waals surface area contributed by atoms with E-state index in [9.17, 15) is 14.4 Å². The number of ether oxygens (including phenoxy) is 3. The molecule has 0 amide bonds. The Kier molecular flexibility index (Phi) is 45.1. The van der Waals surface area contributed by atoms with Crippen LogP contribution in [0.4, 0.5) is 0 Å². The fourth-order valence-corrected chi connectivity index (χ4v) is 6.01. The summed E-state index contributed by atoms with van der Waals surface area (Å²) in [6.45, 7) is 6.17. The fourth-order valence-electron chi connectivity index (χ4n) is 6.01. The second-order valence-corrected chi connectivity index (χ2v) is 15.3. The Labute approximate surface area is 373 Å². The fraction of sp³-hybridized carbons (Fsp3) is 0.582. The second kappa shape index (κ2) is 48.5. The quantitative estimate of drug-likeness (QED) is 0.0201. The SMILES string of the molecule is CC\C=C/C=C\C=C/C=C\CCCCCCCC(=O)OC(COC(=O)CCCC/C=C\C/C=C\CC)COC(=O)CCCCCCCC/C=C\C/C=C\C/C=C\C/C=C\CC. The molecule has 0 saturated carbocycles. The molecular weight excluding hydrogens is 757 g/mol. The highest BCUT2D eigenvalue weighted by Crippen LogP contribution is 2.12. The Bertz CT molecular complexity index is 1340. The van der Waals surface area contributed by atoms with Crippen LogP contribution < -0.4 is 0 Å². The van der Waals surface area contributed by atoms with Crippen molar-refractivity contribution in [2.45, 2.75) is 194 Å². The largest absolute Gasteiger partial charge is 0.462 e. The standard InChI is InChI=1S/C55H86O6/c1-4-7-10-13-16-19-21-23-25-26-27-28-30-31-33-36-39-42-45-48-54(57)60-51-52(50-59-53(56)47-44-41-38-35-18-15-12-9-6-3)61-55(58)49-46-43-40-37-34-32-29-24-22-20-17-14-11-8-5-2/h7-12,14,16-20,22-25,27-29,35,52H,4-6,13,15,21,26,30-34,36-51H2,1-3H3/b10-7-,11-8-,12-9-,17-14-,19-16-,22-20-,25-23-,28-27-,29-24-,35-18-. The number of hydrogen-bond donors (Lipinski definition) is 0. The molecule has 6 nitrogen and oxygen atoms in total. The van der Waals surface area contributed by atoms with Gasteiger partial charge in [-0.05, 0) is 103 Å². The van der Waals surface area contributed by atoms with Gasteiger partial charge in [-0.25, -0.2) is 0 Å². The molecule has 342 valence electrons. The number of carbonyl (C=O) groups is 3. The van der Waals surface area contributed by atoms with Crippen molar-refractivity contribution in [3.05, 3.63) is 122 Å². The number of unbranched alkanes of at least 4 members (excludes halogenated alkanes) is 13. The Morgan fingerprint density at radius 3 is 1.15 bits per heavy atom. The summed E-state index contributed by atoms with van der Waals surface area (Å²) >= 11 is 0. The first-order valence-corrected chi connectivity index (χ1v) is 24.1. The van der Waals surface area contributed by atoms with Crippen molar-refractivity contribution >= 4 is 17.9 Å². The minimum atomic E-state index is -0.811. The molecule has 1 atom stereocenters. The number of allylic oxidation sites excluding steroid dienone is 20. The molecule has 0 aromatic heterocycles. The minimum Gasteiger partial charge on any atom is -0.462 e. The lowest BCUT2D eigenvalue weighted by atomic mass is 10.1. The molecule has 0 aromatic rings. The van der Waals surface area contributed by atoms with E-state index in [-0.39, 0.29) is 37.5 Å². The van der Waals surface area contributed by atoms with Gasteiger partial charge in [-0.1, -0.05) is 187 Å². The summed E-state index contributed by atoms with van der Waals surface area (Å²) < 4.78 is 16.7. The van der Waals surface area contributed by atoms with E-state index in [1.54, 1.807) is 0 Å². The van der Waals surface area contributed by atoms with Crippen LogP contribution in [0.1, 0.15) is 188 Å². The maximum absolute atomic E-state index is 12.7. The predicted molar refractivity (Wildman–Crippen MR) is 260 cm³/mol. The van der Waals surface area contributed by atoms with Crippen molar-refractivity contribution in [3.63, 3.8) is 0 Å². The molecule has 61 heavy (non-hydrogen) atoms. The van der Waals surface area contributed by atoms with E-state index in [1.807, 2.05) is 24.3 Å². The van der Waals surface area contributed by atoms with Crippen molar-refractivity contribution < 1.29 is 28.6 Å². The van der Waals surface area contributed by atoms with Gasteiger partial charge >= 0.3 is 17.9 Å². The first-order valence-electron chi connectivity index (χ1n) is 24.1. The van der Waals surface area contributed by atoms with Gasteiger partial charge in [-0.15, -0.1) is 0 Å². The molecule has 0 aliphatic carbocycles. The van der Waals surface area contributed by atoms with Gasteiger partial charge in [0.15, 0.2) is 6.10 Å². The highest BCUT2D eigenvalue weighted by molar-refractivity contribution is 5.71. The van der Waals surface area contributed by atoms with Crippen molar-refractivity contribution in [2.75, 3.05) is 13.2 Å². The van der Waals surface area contributed by atoms with Crippen molar-refractivity contribution in [1.29, 1.82) is 0 Å². The van der Waals surface area contributed by atoms with E-state index in [1.165, 1.54) is 12.8 Å². The van der Waals surface area contributed by atoms with Gasteiger partial charge in [-0.2, -0.15) is 0 Å². The van der Waals surface area contributed by atoms with E-state index in [2.05, 4.69) is 118 Å². The molecule has 0 saturated heterocycles. The molecule has 0 aliphatic rings. The maximum Gasteiger partial charge on any atom is 0.306 e. The molecule has 6 heteroatoms. The molecule has 0 heterocycles. The molecule has 0 bridgehead atoms. The second-order valence-electron chi connectivity index (χ2n) is 15.3. The van der Waals surface area contributed by atoms with Crippen molar-refractivity contribution in [2.24, 2.45) is 0 Å². The lowest BCUT2D eigenvalue weighted by Crippen LogP contribution is -2.30. The van der Waals surface area contributed by atoms with Crippen LogP contribution >= 0.6 is 0 Å². The van der Waals surface area contributed by atoms with Gasteiger partial charge in [0, 0.05) is 19.3 Å². The lowest BCUT2D eigenvalue weighted by Gasteiger charge is -2.18. The summed E-state index contributed by atoms with van der Waals surface area (Å²) in [6, 6.07) is 0. The third-order valence-corrected chi connectivity index (χ3v) is 9.54. The van der Waals surface area contributed by atoms with E-state index in [4.69, 9.17) is 14.2 Å². The van der Waals surface area contributed by atoms with Crippen LogP contribution in [0.25, 0.3) is 0 Å². The molecule has 0 spiro atoms. The topological polar surface area (TPSA) is 78.9 Å². The van der Waals surface area contributed by atoms with E-state index < -0.39 is 6.10 Å². The van der Waals surface area contributed by atoms with E-state index in [0.717, 1.165) is 135 Å². The van der Waals surface area contributed by atoms with Gasteiger partial charge in [0.1, 0.15) is 13.2 Å². The molecule has 0 aromatic carbocycles. The molecule has 0 radical (unpaired) electrons. The Balaban J connectivity index is 4.44. The van der Waals surface area contributed by atoms with Crippen LogP contribution in [0.5, 0.6) is 0 Å². The molecule has 0 aliphatic heterocycles. The zero-order chi connectivity index (χ0) is 44.4. The van der Waals surface area contributed by atoms with E-state index in [0.29, 0.717) is 12.8 Å². The normalized spacial score (nSPS) is 13.2. The number of rotatable bonds is 41. The first-order chi connectivity index (χ1) is 30.0. The number of hydrogen-bond acceptors (Lipinski definition) is 6. The summed E-state index contributed by atoms with van der Waals surface area (Å²) in [5.74, 6) is -0.996. The predicted octanol–water partition coefficient (Wildman–Crippen LogP) is 15.7. The molecule has 1 unspecified atom stereocenters. The summed E-state index contributed by atoms with van der Waals surface area (Å²) in [7, 11) is 0. The Morgan fingerprint density at radius 2 is 0.672 bits per heavy atom. The first kappa shape index (κ1) is 56.8. The van der Waals surface area contributed by atoms with Gasteiger partial charge in [-0.3, -0.25) is 14.4 Å². The zero-order valence-electron chi connectivity index (χ0n) is 38.9. The molecule has 0 fully saturated rings. The third-order valence-electron chi connectivity index (χ3n) is 9.54. The highest BCUT2D eigenvalue weighted by Gasteiger charge is 2.19. The van der Waals surface area contributed by atoms with Gasteiger partial charge in [0.2, 0.25) is 0 Å². The number of esters is 3. The summed E-state index contributed by atoms with van der Waals surface area (Å²) in [5.41, 5.74) is 0. The average molecular weight is 843 g/mol. The Morgan fingerprint density at radius 1 is 0.344 bits per heavy atom. The molecular formula is C55H86O6. The van der Waals surface area contributed by atoms with Crippen LogP contribution in [0, 0.1) is 0 Å². The van der Waals surface area contributed by atoms with Crippen LogP contribution in [0.2, 0.25) is 0 Å². The lowest BCUT2D eigenvalue weighted by molar-refractivity contribution is -0.167. The molecule has 0 rings (SSSR count). The van der Waals surface area contributed by atoms with Crippen LogP contribution in [0.3, 0.4) is 0 Å². The third kappa shape index (κ3) is 46.7. The van der Waals surface area contributed by atoms with Gasteiger partial charge in [0.25, 0.3) is 0 Å². The monoisotopic (exact) mass is 843 g/mol. The molecule has 0 N–H and O–H groups in total. The summed E-state index contributed by atoms with van der Waals surface area (Å²) in [6.07, 6.45) is 66.2. The van der Waals surface area contributed by atoms with Crippen molar-refractivity contribution in [3.8, 4) is 0 Å². The van der Waals surface area contributed by atoms with Gasteiger partial charge in [0.05, 0.1) is 0 Å². The van der Waals surface area contributed by atoms with E-state index >= 15 is 0 Å². The van der Waals surface area contributed by atoms with Crippen LogP contribution in [-0.4, -0.2) is 37.2 Å². The Hall–Kier alpha value is -4.19. The van der Waals surface area contributed by atoms with Crippen LogP contribution in [-0.2, 0) is 28.6 Å². The summed E-state index contributed by atoms with van der Waals surface area (Å²) in [4.78, 5) is 37.8. The zero-order valence-corrected chi connectivity index (χ0v) is 38.9. The smallest absolute Gasteiger partial charge is 0.306 e. The maximum atomic E-state index is 12.7. The summed E-state index contributed by atoms with van der Waals surface area (Å²) in [5, 5.41) is 0. The van der Waals surface area contributed by atoms with Crippen molar-refractivity contribution in [1.82, 2.24) is 0 Å². The highest BCUT2D eigenvalue weighted by atomic mass is 16.6.